The number of carbonyl (C=O) groups excluding carboxylic acids is 1. The SMILES string of the molecule is Cc1cccc(CN2CCN(C(=O)C(C)Cn3nc(C)c([N+](=O)[O-])c3C)CC2)c1. The molecule has 1 aromatic carbocycles. The number of hydrogen-bond donors (Lipinski definition) is 0. The predicted molar refractivity (Wildman–Crippen MR) is 111 cm³/mol. The summed E-state index contributed by atoms with van der Waals surface area (Å²) in [5, 5.41) is 15.4. The van der Waals surface area contributed by atoms with Gasteiger partial charge in [-0.3, -0.25) is 24.5 Å². The van der Waals surface area contributed by atoms with Crippen LogP contribution in [-0.2, 0) is 17.9 Å². The average molecular weight is 399 g/mol. The number of rotatable bonds is 6. The smallest absolute Gasteiger partial charge is 0.312 e. The summed E-state index contributed by atoms with van der Waals surface area (Å²) < 4.78 is 1.59. The van der Waals surface area contributed by atoms with Gasteiger partial charge in [-0.1, -0.05) is 36.8 Å². The Balaban J connectivity index is 1.55. The van der Waals surface area contributed by atoms with E-state index in [1.54, 1.807) is 18.5 Å². The molecule has 29 heavy (non-hydrogen) atoms. The zero-order valence-electron chi connectivity index (χ0n) is 17.6. The molecule has 1 fully saturated rings. The number of benzene rings is 1. The van der Waals surface area contributed by atoms with Crippen molar-refractivity contribution in [2.45, 2.75) is 40.8 Å². The summed E-state index contributed by atoms with van der Waals surface area (Å²) in [6.07, 6.45) is 0. The Labute approximate surface area is 171 Å². The third-order valence-electron chi connectivity index (χ3n) is 5.57. The van der Waals surface area contributed by atoms with Crippen LogP contribution >= 0.6 is 0 Å². The van der Waals surface area contributed by atoms with Crippen molar-refractivity contribution in [3.63, 3.8) is 0 Å². The molecule has 0 N–H and O–H groups in total. The van der Waals surface area contributed by atoms with Crippen molar-refractivity contribution in [3.05, 3.63) is 56.9 Å². The highest BCUT2D eigenvalue weighted by molar-refractivity contribution is 5.78. The second-order valence-electron chi connectivity index (χ2n) is 7.95. The summed E-state index contributed by atoms with van der Waals surface area (Å²) >= 11 is 0. The van der Waals surface area contributed by atoms with Crippen molar-refractivity contribution >= 4 is 11.6 Å². The Kier molecular flexibility index (Phi) is 6.32. The van der Waals surface area contributed by atoms with Gasteiger partial charge in [0, 0.05) is 32.7 Å². The lowest BCUT2D eigenvalue weighted by Crippen LogP contribution is -2.50. The highest BCUT2D eigenvalue weighted by Gasteiger charge is 2.28. The molecule has 0 bridgehead atoms. The first-order valence-electron chi connectivity index (χ1n) is 10.0. The fourth-order valence-electron chi connectivity index (χ4n) is 3.97. The van der Waals surface area contributed by atoms with E-state index >= 15 is 0 Å². The van der Waals surface area contributed by atoms with Gasteiger partial charge < -0.3 is 4.90 Å². The molecule has 156 valence electrons. The van der Waals surface area contributed by atoms with Gasteiger partial charge in [0.15, 0.2) is 0 Å². The summed E-state index contributed by atoms with van der Waals surface area (Å²) in [6, 6.07) is 8.52. The second-order valence-corrected chi connectivity index (χ2v) is 7.95. The van der Waals surface area contributed by atoms with Crippen LogP contribution in [0.3, 0.4) is 0 Å². The van der Waals surface area contributed by atoms with Crippen molar-refractivity contribution in [1.82, 2.24) is 19.6 Å². The first-order chi connectivity index (χ1) is 13.8. The summed E-state index contributed by atoms with van der Waals surface area (Å²) in [5.74, 6) is -0.202. The molecule has 8 heteroatoms. The summed E-state index contributed by atoms with van der Waals surface area (Å²) in [7, 11) is 0. The van der Waals surface area contributed by atoms with E-state index in [0.717, 1.165) is 19.6 Å². The topological polar surface area (TPSA) is 84.5 Å². The van der Waals surface area contributed by atoms with E-state index < -0.39 is 4.92 Å². The lowest BCUT2D eigenvalue weighted by Gasteiger charge is -2.36. The van der Waals surface area contributed by atoms with E-state index in [2.05, 4.69) is 41.2 Å². The highest BCUT2D eigenvalue weighted by atomic mass is 16.6. The van der Waals surface area contributed by atoms with Crippen molar-refractivity contribution in [2.75, 3.05) is 26.2 Å². The number of nitro groups is 1. The molecule has 1 atom stereocenters. The molecular formula is C21H29N5O3. The molecule has 3 rings (SSSR count). The Morgan fingerprint density at radius 3 is 2.48 bits per heavy atom. The van der Waals surface area contributed by atoms with Crippen LogP contribution in [0, 0.1) is 36.8 Å². The van der Waals surface area contributed by atoms with Crippen LogP contribution in [0.4, 0.5) is 5.69 Å². The number of piperazine rings is 1. The van der Waals surface area contributed by atoms with E-state index in [4.69, 9.17) is 0 Å². The molecular weight excluding hydrogens is 370 g/mol. The van der Waals surface area contributed by atoms with Gasteiger partial charge in [-0.15, -0.1) is 0 Å². The van der Waals surface area contributed by atoms with E-state index in [-0.39, 0.29) is 17.5 Å². The van der Waals surface area contributed by atoms with E-state index in [0.29, 0.717) is 31.0 Å². The van der Waals surface area contributed by atoms with Crippen molar-refractivity contribution < 1.29 is 9.72 Å². The van der Waals surface area contributed by atoms with Gasteiger partial charge in [-0.05, 0) is 26.3 Å². The normalized spacial score (nSPS) is 16.1. The number of aromatic nitrogens is 2. The second kappa shape index (κ2) is 8.73. The Hall–Kier alpha value is -2.74. The van der Waals surface area contributed by atoms with Crippen LogP contribution in [0.1, 0.15) is 29.4 Å². The van der Waals surface area contributed by atoms with Crippen molar-refractivity contribution in [3.8, 4) is 0 Å². The molecule has 1 aromatic heterocycles. The molecule has 1 unspecified atom stereocenters. The maximum absolute atomic E-state index is 12.9. The van der Waals surface area contributed by atoms with Crippen LogP contribution in [0.15, 0.2) is 24.3 Å². The molecule has 1 saturated heterocycles. The van der Waals surface area contributed by atoms with Gasteiger partial charge in [-0.25, -0.2) is 0 Å². The summed E-state index contributed by atoms with van der Waals surface area (Å²) in [4.78, 5) is 27.9. The van der Waals surface area contributed by atoms with Crippen molar-refractivity contribution in [1.29, 1.82) is 0 Å². The number of amides is 1. The lowest BCUT2D eigenvalue weighted by molar-refractivity contribution is -0.386. The summed E-state index contributed by atoms with van der Waals surface area (Å²) in [6.45, 7) is 11.6. The van der Waals surface area contributed by atoms with Gasteiger partial charge in [0.25, 0.3) is 0 Å². The Morgan fingerprint density at radius 1 is 1.21 bits per heavy atom. The van der Waals surface area contributed by atoms with Gasteiger partial charge in [0.2, 0.25) is 5.91 Å². The number of aryl methyl sites for hydroxylation is 2. The predicted octanol–water partition coefficient (Wildman–Crippen LogP) is 2.70. The van der Waals surface area contributed by atoms with E-state index in [9.17, 15) is 14.9 Å². The van der Waals surface area contributed by atoms with E-state index in [1.807, 2.05) is 11.8 Å². The van der Waals surface area contributed by atoms with Gasteiger partial charge in [0.1, 0.15) is 11.4 Å². The fraction of sp³-hybridized carbons (Fsp3) is 0.524. The lowest BCUT2D eigenvalue weighted by atomic mass is 10.1. The van der Waals surface area contributed by atoms with Crippen LogP contribution in [0.25, 0.3) is 0 Å². The minimum atomic E-state index is -0.409. The summed E-state index contributed by atoms with van der Waals surface area (Å²) in [5.41, 5.74) is 3.47. The molecule has 2 heterocycles. The molecule has 0 aliphatic carbocycles. The van der Waals surface area contributed by atoms with Crippen LogP contribution in [0.5, 0.6) is 0 Å². The monoisotopic (exact) mass is 399 g/mol. The molecule has 1 amide bonds. The van der Waals surface area contributed by atoms with E-state index in [1.165, 1.54) is 11.1 Å². The highest BCUT2D eigenvalue weighted by Crippen LogP contribution is 2.23. The molecule has 2 aromatic rings. The first kappa shape index (κ1) is 21.0. The fourth-order valence-corrected chi connectivity index (χ4v) is 3.97. The third kappa shape index (κ3) is 4.82. The minimum Gasteiger partial charge on any atom is -0.340 e. The quantitative estimate of drug-likeness (QED) is 0.551. The molecule has 0 spiro atoms. The molecule has 0 saturated carbocycles. The maximum Gasteiger partial charge on any atom is 0.312 e. The largest absolute Gasteiger partial charge is 0.340 e. The first-order valence-corrected chi connectivity index (χ1v) is 10.0. The zero-order chi connectivity index (χ0) is 21.1. The average Bonchev–Trinajstić information content (AvgIpc) is 2.95. The van der Waals surface area contributed by atoms with Gasteiger partial charge in [-0.2, -0.15) is 5.10 Å². The molecule has 1 aliphatic heterocycles. The van der Waals surface area contributed by atoms with Gasteiger partial charge in [0.05, 0.1) is 17.4 Å². The molecule has 8 nitrogen and oxygen atoms in total. The Bertz CT molecular complexity index is 900. The zero-order valence-corrected chi connectivity index (χ0v) is 17.6. The molecule has 0 radical (unpaired) electrons. The number of carbonyl (C=O) groups is 1. The van der Waals surface area contributed by atoms with Crippen LogP contribution in [0.2, 0.25) is 0 Å². The Morgan fingerprint density at radius 2 is 1.90 bits per heavy atom. The number of nitrogens with zero attached hydrogens (tertiary/aromatic N) is 5. The third-order valence-corrected chi connectivity index (χ3v) is 5.57. The van der Waals surface area contributed by atoms with Crippen molar-refractivity contribution in [2.24, 2.45) is 5.92 Å². The molecule has 1 aliphatic rings. The number of hydrogen-bond acceptors (Lipinski definition) is 5. The minimum absolute atomic E-state index is 0.0365. The maximum atomic E-state index is 12.9. The standard InChI is InChI=1S/C21H29N5O3/c1-15-6-5-7-19(12-15)14-23-8-10-24(11-9-23)21(27)16(2)13-25-18(4)20(26(28)29)17(3)22-25/h5-7,12,16H,8-11,13-14H2,1-4H3. The van der Waals surface area contributed by atoms with Gasteiger partial charge >= 0.3 is 5.69 Å². The van der Waals surface area contributed by atoms with Crippen LogP contribution in [-0.4, -0.2) is 56.6 Å². The van der Waals surface area contributed by atoms with Crippen LogP contribution < -0.4 is 0 Å².